The summed E-state index contributed by atoms with van der Waals surface area (Å²) in [7, 11) is 0. The minimum Gasteiger partial charge on any atom is -0.379 e. The van der Waals surface area contributed by atoms with Crippen LogP contribution in [0.25, 0.3) is 10.2 Å². The molecule has 3 N–H and O–H groups in total. The summed E-state index contributed by atoms with van der Waals surface area (Å²) in [4.78, 5) is 7.20. The molecule has 1 aliphatic rings. The van der Waals surface area contributed by atoms with Gasteiger partial charge in [-0.25, -0.2) is 4.98 Å². The molecule has 140 valence electrons. The van der Waals surface area contributed by atoms with Crippen LogP contribution in [0, 0.1) is 11.8 Å². The van der Waals surface area contributed by atoms with E-state index in [-0.39, 0.29) is 6.04 Å². The van der Waals surface area contributed by atoms with Gasteiger partial charge in [-0.1, -0.05) is 36.4 Å². The maximum absolute atomic E-state index is 6.49. The van der Waals surface area contributed by atoms with Crippen molar-refractivity contribution < 1.29 is 0 Å². The molecular weight excluding hydrogens is 394 g/mol. The average Bonchev–Trinajstić information content (AvgIpc) is 3.29. The largest absolute Gasteiger partial charge is 0.379 e. The summed E-state index contributed by atoms with van der Waals surface area (Å²) in [6, 6.07) is 6.32. The summed E-state index contributed by atoms with van der Waals surface area (Å²) in [5.41, 5.74) is 9.43. The minimum atomic E-state index is 0.196. The number of aromatic nitrogens is 1. The standard InChI is InChI=1S/C21H22ClN3S2/c1-2-6-15-19-21(27-20(15)14-8-3-4-9-16(14)23)17(11-18(22)25-19)24-12-13-7-5-10-26-13/h5,7,10-11,14,16H,3-4,8-9,12,23H2,1H3,(H,24,25)/t14-,16-/m1/s1. The van der Waals surface area contributed by atoms with Gasteiger partial charge >= 0.3 is 0 Å². The van der Waals surface area contributed by atoms with Gasteiger partial charge in [0.25, 0.3) is 0 Å². The van der Waals surface area contributed by atoms with Gasteiger partial charge in [0, 0.05) is 34.3 Å². The summed E-state index contributed by atoms with van der Waals surface area (Å²) in [6.45, 7) is 2.65. The van der Waals surface area contributed by atoms with Crippen molar-refractivity contribution in [3.8, 4) is 11.8 Å². The van der Waals surface area contributed by atoms with Crippen molar-refractivity contribution in [1.29, 1.82) is 0 Å². The van der Waals surface area contributed by atoms with Crippen molar-refractivity contribution in [3.05, 3.63) is 44.1 Å². The molecule has 0 saturated heterocycles. The molecule has 27 heavy (non-hydrogen) atoms. The zero-order chi connectivity index (χ0) is 18.8. The Labute approximate surface area is 173 Å². The zero-order valence-corrected chi connectivity index (χ0v) is 17.6. The van der Waals surface area contributed by atoms with Crippen molar-refractivity contribution in [2.75, 3.05) is 5.32 Å². The lowest BCUT2D eigenvalue weighted by atomic mass is 9.83. The van der Waals surface area contributed by atoms with E-state index in [0.29, 0.717) is 11.1 Å². The number of nitrogens with zero attached hydrogens (tertiary/aromatic N) is 1. The van der Waals surface area contributed by atoms with E-state index >= 15 is 0 Å². The van der Waals surface area contributed by atoms with Crippen LogP contribution >= 0.6 is 34.3 Å². The van der Waals surface area contributed by atoms with Crippen LogP contribution < -0.4 is 11.1 Å². The predicted octanol–water partition coefficient (Wildman–Crippen LogP) is 5.98. The van der Waals surface area contributed by atoms with E-state index in [0.717, 1.165) is 40.9 Å². The smallest absolute Gasteiger partial charge is 0.131 e. The normalized spacial score (nSPS) is 19.7. The monoisotopic (exact) mass is 415 g/mol. The molecule has 3 aromatic heterocycles. The molecule has 0 unspecified atom stereocenters. The van der Waals surface area contributed by atoms with Crippen molar-refractivity contribution in [1.82, 2.24) is 4.98 Å². The molecule has 4 rings (SSSR count). The fourth-order valence-electron chi connectivity index (χ4n) is 3.77. The van der Waals surface area contributed by atoms with Crippen LogP contribution in [0.3, 0.4) is 0 Å². The van der Waals surface area contributed by atoms with E-state index in [1.165, 1.54) is 22.6 Å². The van der Waals surface area contributed by atoms with Gasteiger partial charge in [0.2, 0.25) is 0 Å². The molecule has 3 aromatic rings. The van der Waals surface area contributed by atoms with E-state index in [4.69, 9.17) is 17.3 Å². The molecule has 3 heterocycles. The topological polar surface area (TPSA) is 50.9 Å². The van der Waals surface area contributed by atoms with E-state index in [1.54, 1.807) is 22.7 Å². The highest BCUT2D eigenvalue weighted by atomic mass is 35.5. The van der Waals surface area contributed by atoms with Gasteiger partial charge in [-0.05, 0) is 31.2 Å². The Balaban J connectivity index is 1.80. The number of rotatable bonds is 4. The first-order valence-electron chi connectivity index (χ1n) is 9.25. The quantitative estimate of drug-likeness (QED) is 0.407. The van der Waals surface area contributed by atoms with Crippen LogP contribution in [0.4, 0.5) is 5.69 Å². The molecule has 1 fully saturated rings. The van der Waals surface area contributed by atoms with Gasteiger partial charge in [-0.15, -0.1) is 28.6 Å². The van der Waals surface area contributed by atoms with Crippen LogP contribution in [0.2, 0.25) is 5.15 Å². The van der Waals surface area contributed by atoms with E-state index in [1.807, 2.05) is 13.0 Å². The number of nitrogens with one attached hydrogen (secondary N) is 1. The first-order chi connectivity index (χ1) is 13.2. The number of hydrogen-bond donors (Lipinski definition) is 2. The third kappa shape index (κ3) is 3.86. The summed E-state index contributed by atoms with van der Waals surface area (Å²) in [5.74, 6) is 6.72. The van der Waals surface area contributed by atoms with Gasteiger partial charge < -0.3 is 11.1 Å². The van der Waals surface area contributed by atoms with Gasteiger partial charge in [0.05, 0.1) is 16.0 Å². The SMILES string of the molecule is CC#Cc1c([C@@H]2CCCC[C@H]2N)sc2c(NCc3cccs3)cc(Cl)nc12. The molecule has 0 aliphatic heterocycles. The second kappa shape index (κ2) is 8.20. The lowest BCUT2D eigenvalue weighted by Gasteiger charge is -2.28. The van der Waals surface area contributed by atoms with Crippen LogP contribution in [0.15, 0.2) is 23.6 Å². The Morgan fingerprint density at radius 1 is 1.37 bits per heavy atom. The maximum Gasteiger partial charge on any atom is 0.131 e. The number of pyridine rings is 1. The van der Waals surface area contributed by atoms with Crippen molar-refractivity contribution in [3.63, 3.8) is 0 Å². The highest BCUT2D eigenvalue weighted by Gasteiger charge is 2.29. The van der Waals surface area contributed by atoms with E-state index < -0.39 is 0 Å². The lowest BCUT2D eigenvalue weighted by molar-refractivity contribution is 0.389. The Kier molecular flexibility index (Phi) is 5.70. The second-order valence-electron chi connectivity index (χ2n) is 6.87. The molecule has 6 heteroatoms. The summed E-state index contributed by atoms with van der Waals surface area (Å²) < 4.78 is 1.13. The predicted molar refractivity (Wildman–Crippen MR) is 118 cm³/mol. The van der Waals surface area contributed by atoms with Gasteiger partial charge in [-0.3, -0.25) is 0 Å². The van der Waals surface area contributed by atoms with Crippen molar-refractivity contribution in [2.24, 2.45) is 5.73 Å². The molecule has 0 amide bonds. The Morgan fingerprint density at radius 3 is 2.96 bits per heavy atom. The molecule has 0 radical (unpaired) electrons. The number of thiophene rings is 2. The summed E-state index contributed by atoms with van der Waals surface area (Å²) >= 11 is 9.89. The van der Waals surface area contributed by atoms with Gasteiger partial charge in [0.1, 0.15) is 10.7 Å². The molecule has 0 spiro atoms. The van der Waals surface area contributed by atoms with Crippen LogP contribution in [-0.4, -0.2) is 11.0 Å². The zero-order valence-electron chi connectivity index (χ0n) is 15.2. The number of hydrogen-bond acceptors (Lipinski definition) is 5. The van der Waals surface area contributed by atoms with Crippen LogP contribution in [0.1, 0.15) is 53.8 Å². The van der Waals surface area contributed by atoms with Crippen molar-refractivity contribution in [2.45, 2.75) is 51.1 Å². The fraction of sp³-hybridized carbons (Fsp3) is 0.381. The van der Waals surface area contributed by atoms with Gasteiger partial charge in [-0.2, -0.15) is 0 Å². The number of nitrogens with two attached hydrogens (primary N) is 1. The number of fused-ring (bicyclic) bond motifs is 1. The Hall–Kier alpha value is -1.58. The van der Waals surface area contributed by atoms with E-state index in [2.05, 4.69) is 39.7 Å². The van der Waals surface area contributed by atoms with E-state index in [9.17, 15) is 0 Å². The number of halogens is 1. The average molecular weight is 416 g/mol. The van der Waals surface area contributed by atoms with Crippen LogP contribution in [-0.2, 0) is 6.54 Å². The molecule has 3 nitrogen and oxygen atoms in total. The maximum atomic E-state index is 6.49. The van der Waals surface area contributed by atoms with Gasteiger partial charge in [0.15, 0.2) is 0 Å². The fourth-order valence-corrected chi connectivity index (χ4v) is 6.01. The third-order valence-corrected chi connectivity index (χ3v) is 7.49. The first kappa shape index (κ1) is 18.8. The summed E-state index contributed by atoms with van der Waals surface area (Å²) in [5, 5.41) is 6.13. The third-order valence-electron chi connectivity index (χ3n) is 5.08. The molecule has 2 atom stereocenters. The first-order valence-corrected chi connectivity index (χ1v) is 11.3. The lowest BCUT2D eigenvalue weighted by Crippen LogP contribution is -2.31. The van der Waals surface area contributed by atoms with Crippen molar-refractivity contribution >= 4 is 50.2 Å². The summed E-state index contributed by atoms with van der Waals surface area (Å²) in [6.07, 6.45) is 4.64. The van der Waals surface area contributed by atoms with Crippen LogP contribution in [0.5, 0.6) is 0 Å². The highest BCUT2D eigenvalue weighted by molar-refractivity contribution is 7.20. The second-order valence-corrected chi connectivity index (χ2v) is 9.35. The highest BCUT2D eigenvalue weighted by Crippen LogP contribution is 2.44. The Bertz CT molecular complexity index is 998. The molecule has 1 saturated carbocycles. The Morgan fingerprint density at radius 2 is 2.22 bits per heavy atom. The molecule has 1 aliphatic carbocycles. The molecular formula is C21H22ClN3S2. The molecule has 0 bridgehead atoms. The molecule has 0 aromatic carbocycles. The number of anilines is 1. The minimum absolute atomic E-state index is 0.196.